The van der Waals surface area contributed by atoms with Crippen molar-refractivity contribution in [2.24, 2.45) is 17.8 Å². The minimum atomic E-state index is -2.71. The Bertz CT molecular complexity index is 1980. The number of likely N-dealkylation sites (tertiary alicyclic amines) is 1. The summed E-state index contributed by atoms with van der Waals surface area (Å²) in [6, 6.07) is 9.60. The Hall–Kier alpha value is -4.03. The van der Waals surface area contributed by atoms with Gasteiger partial charge in [-0.05, 0) is 30.6 Å². The Balaban J connectivity index is 1.49. The van der Waals surface area contributed by atoms with Crippen molar-refractivity contribution in [2.75, 3.05) is 11.4 Å². The predicted octanol–water partition coefficient (Wildman–Crippen LogP) is 6.21. The zero-order valence-electron chi connectivity index (χ0n) is 24.3. The van der Waals surface area contributed by atoms with Crippen LogP contribution in [0.2, 0.25) is 0 Å². The van der Waals surface area contributed by atoms with Gasteiger partial charge in [0.2, 0.25) is 17.6 Å². The molecule has 7 rings (SSSR count). The van der Waals surface area contributed by atoms with Crippen LogP contribution in [-0.4, -0.2) is 49.9 Å². The van der Waals surface area contributed by atoms with Gasteiger partial charge < -0.3 is 5.11 Å². The van der Waals surface area contributed by atoms with Gasteiger partial charge in [0.05, 0.1) is 11.8 Å². The topological polar surface area (TPSA) is 95.0 Å². The maximum absolute atomic E-state index is 15.2. The van der Waals surface area contributed by atoms with Crippen molar-refractivity contribution in [3.8, 4) is 5.75 Å². The number of phenols is 1. The van der Waals surface area contributed by atoms with Gasteiger partial charge in [0.15, 0.2) is 33.0 Å². The Morgan fingerprint density at radius 1 is 0.851 bits per heavy atom. The molecule has 2 heterocycles. The number of hydrogen-bond donors (Lipinski definition) is 1. The maximum atomic E-state index is 15.2. The van der Waals surface area contributed by atoms with Crippen LogP contribution < -0.4 is 4.90 Å². The maximum Gasteiger partial charge on any atom is 0.258 e. The molecule has 2 saturated heterocycles. The third-order valence-electron chi connectivity index (χ3n) is 10.0. The summed E-state index contributed by atoms with van der Waals surface area (Å²) in [7, 11) is 0. The second-order valence-corrected chi connectivity index (χ2v) is 13.5. The zero-order chi connectivity index (χ0) is 33.9. The molecule has 14 heteroatoms. The fourth-order valence-electron chi connectivity index (χ4n) is 7.93. The molecule has 7 nitrogen and oxygen atoms in total. The number of halogens is 7. The molecule has 1 N–H and O–H groups in total. The number of aromatic hydroxyl groups is 1. The number of nitrogens with zero attached hydrogens (tertiary/aromatic N) is 2. The number of anilines is 1. The Kier molecular flexibility index (Phi) is 7.04. The van der Waals surface area contributed by atoms with Gasteiger partial charge in [-0.15, -0.1) is 23.2 Å². The van der Waals surface area contributed by atoms with Crippen LogP contribution in [0.1, 0.15) is 37.7 Å². The minimum Gasteiger partial charge on any atom is -0.507 e. The number of fused-ring (bicyclic) bond motifs is 5. The first-order valence-electron chi connectivity index (χ1n) is 14.8. The molecule has 4 amide bonds. The van der Waals surface area contributed by atoms with Crippen LogP contribution in [-0.2, 0) is 19.2 Å². The monoisotopic (exact) mass is 692 g/mol. The van der Waals surface area contributed by atoms with Gasteiger partial charge in [0, 0.05) is 23.4 Å². The van der Waals surface area contributed by atoms with Crippen molar-refractivity contribution in [3.05, 3.63) is 82.7 Å². The van der Waals surface area contributed by atoms with E-state index in [4.69, 9.17) is 23.2 Å². The number of carbonyl (C=O) groups is 4. The van der Waals surface area contributed by atoms with Gasteiger partial charge in [-0.25, -0.2) is 26.9 Å². The average molecular weight is 693 g/mol. The second kappa shape index (κ2) is 10.5. The quantitative estimate of drug-likeness (QED) is 0.0876. The van der Waals surface area contributed by atoms with Crippen LogP contribution >= 0.6 is 23.2 Å². The lowest BCUT2D eigenvalue weighted by molar-refractivity contribution is -0.140. The summed E-state index contributed by atoms with van der Waals surface area (Å²) in [5.74, 6) is -21.3. The SMILES string of the molecule is CCCN1C(=O)[C@H]2[C@H](CC=C3[C@H]2C[C@@]2(Cl)C(=O)N(c4c(F)c(F)c(F)c(F)c4F)C(=O)[C@@]2(Cl)[C@H]3c2ccc3ccccc3c2O)C1=O. The van der Waals surface area contributed by atoms with E-state index in [9.17, 15) is 37.5 Å². The number of carbonyl (C=O) groups excluding carboxylic acids is 4. The van der Waals surface area contributed by atoms with E-state index < -0.39 is 98.2 Å². The first kappa shape index (κ1) is 31.6. The third-order valence-corrected chi connectivity index (χ3v) is 11.4. The van der Waals surface area contributed by atoms with Gasteiger partial charge in [0.25, 0.3) is 11.8 Å². The number of benzene rings is 3. The highest BCUT2D eigenvalue weighted by molar-refractivity contribution is 6.58. The number of alkyl halides is 2. The molecule has 2 aliphatic heterocycles. The van der Waals surface area contributed by atoms with Gasteiger partial charge in [-0.1, -0.05) is 55.0 Å². The largest absolute Gasteiger partial charge is 0.507 e. The molecule has 0 aromatic heterocycles. The van der Waals surface area contributed by atoms with E-state index in [1.165, 1.54) is 6.07 Å². The Morgan fingerprint density at radius 3 is 2.15 bits per heavy atom. The van der Waals surface area contributed by atoms with Crippen LogP contribution in [0.4, 0.5) is 27.6 Å². The number of rotatable bonds is 4. The number of phenolic OH excluding ortho intramolecular Hbond substituents is 1. The molecule has 0 radical (unpaired) electrons. The van der Waals surface area contributed by atoms with E-state index in [1.807, 2.05) is 0 Å². The highest BCUT2D eigenvalue weighted by atomic mass is 35.5. The lowest BCUT2D eigenvalue weighted by atomic mass is 9.56. The summed E-state index contributed by atoms with van der Waals surface area (Å²) >= 11 is 14.2. The van der Waals surface area contributed by atoms with Crippen LogP contribution in [0.25, 0.3) is 10.8 Å². The van der Waals surface area contributed by atoms with E-state index in [2.05, 4.69) is 0 Å². The number of hydrogen-bond acceptors (Lipinski definition) is 5. The molecule has 0 bridgehead atoms. The lowest BCUT2D eigenvalue weighted by Gasteiger charge is -2.50. The summed E-state index contributed by atoms with van der Waals surface area (Å²) in [5, 5.41) is 12.5. The van der Waals surface area contributed by atoms with E-state index in [1.54, 1.807) is 43.3 Å². The normalized spacial score (nSPS) is 30.2. The number of allylic oxidation sites excluding steroid dienone is 2. The van der Waals surface area contributed by atoms with Crippen molar-refractivity contribution in [3.63, 3.8) is 0 Å². The molecule has 244 valence electrons. The standard InChI is InChI=1S/C33H23Cl2F5N2O5/c1-2-11-41-28(44)16-10-9-15-18(19(16)29(41)45)12-32(34)30(46)42(26-24(39)22(37)21(36)23(38)25(26)40)31(47)33(32,35)20(15)17-8-7-13-5-3-4-6-14(13)27(17)43/h3-9,16,18-20,43H,2,10-12H2,1H3/t16-,18+,19-,20+,32+,33-/m0/s1. The van der Waals surface area contributed by atoms with Gasteiger partial charge >= 0.3 is 0 Å². The molecule has 3 aromatic carbocycles. The van der Waals surface area contributed by atoms with Crippen molar-refractivity contribution < 1.29 is 46.2 Å². The van der Waals surface area contributed by atoms with E-state index in [0.717, 1.165) is 4.90 Å². The smallest absolute Gasteiger partial charge is 0.258 e. The molecule has 3 aromatic rings. The Morgan fingerprint density at radius 2 is 1.49 bits per heavy atom. The van der Waals surface area contributed by atoms with Gasteiger partial charge in [0.1, 0.15) is 11.4 Å². The van der Waals surface area contributed by atoms with Crippen molar-refractivity contribution >= 4 is 63.3 Å². The zero-order valence-corrected chi connectivity index (χ0v) is 25.8. The molecule has 4 aliphatic rings. The number of imide groups is 2. The minimum absolute atomic E-state index is 0.0257. The van der Waals surface area contributed by atoms with Crippen molar-refractivity contribution in [2.45, 2.75) is 41.9 Å². The van der Waals surface area contributed by atoms with Gasteiger partial charge in [-0.2, -0.15) is 0 Å². The average Bonchev–Trinajstić information content (AvgIpc) is 3.38. The molecule has 2 aliphatic carbocycles. The Labute approximate surface area is 273 Å². The summed E-state index contributed by atoms with van der Waals surface area (Å²) in [6.07, 6.45) is 1.47. The van der Waals surface area contributed by atoms with Crippen molar-refractivity contribution in [1.29, 1.82) is 0 Å². The molecular weight excluding hydrogens is 670 g/mol. The second-order valence-electron chi connectivity index (χ2n) is 12.2. The van der Waals surface area contributed by atoms with Gasteiger partial charge in [-0.3, -0.25) is 24.1 Å². The highest BCUT2D eigenvalue weighted by Gasteiger charge is 2.77. The van der Waals surface area contributed by atoms with Crippen LogP contribution in [0.15, 0.2) is 48.0 Å². The van der Waals surface area contributed by atoms with Crippen LogP contribution in [0.3, 0.4) is 0 Å². The summed E-state index contributed by atoms with van der Waals surface area (Å²) in [6.45, 7) is 1.90. The third kappa shape index (κ3) is 3.85. The molecule has 6 atom stereocenters. The summed E-state index contributed by atoms with van der Waals surface area (Å²) in [5.41, 5.74) is -1.63. The molecular formula is C33H23Cl2F5N2O5. The first-order chi connectivity index (χ1) is 22.2. The van der Waals surface area contributed by atoms with Crippen LogP contribution in [0.5, 0.6) is 5.75 Å². The highest BCUT2D eigenvalue weighted by Crippen LogP contribution is 2.67. The first-order valence-corrected chi connectivity index (χ1v) is 15.5. The van der Waals surface area contributed by atoms with E-state index >= 15 is 8.78 Å². The number of amides is 4. The predicted molar refractivity (Wildman–Crippen MR) is 159 cm³/mol. The van der Waals surface area contributed by atoms with Crippen molar-refractivity contribution in [1.82, 2.24) is 4.90 Å². The molecule has 1 saturated carbocycles. The van der Waals surface area contributed by atoms with E-state index in [0.29, 0.717) is 17.2 Å². The molecule has 0 spiro atoms. The molecule has 0 unspecified atom stereocenters. The summed E-state index contributed by atoms with van der Waals surface area (Å²) < 4.78 is 73.1. The molecule has 3 fully saturated rings. The van der Waals surface area contributed by atoms with Crippen LogP contribution in [0, 0.1) is 46.8 Å². The fourth-order valence-corrected chi connectivity index (χ4v) is 8.85. The summed E-state index contributed by atoms with van der Waals surface area (Å²) in [4.78, 5) is 51.2. The lowest BCUT2D eigenvalue weighted by Crippen LogP contribution is -2.60. The fraction of sp³-hybridized carbons (Fsp3) is 0.333. The van der Waals surface area contributed by atoms with E-state index in [-0.39, 0.29) is 34.8 Å². The molecule has 47 heavy (non-hydrogen) atoms.